The molecule has 2 aromatic heterocycles. The summed E-state index contributed by atoms with van der Waals surface area (Å²) in [6.45, 7) is 7.29. The maximum atomic E-state index is 12.8. The number of carbonyl (C=O) groups excluding carboxylic acids is 2. The fraction of sp³-hybridized carbons (Fsp3) is 0.455. The highest BCUT2D eigenvalue weighted by molar-refractivity contribution is 5.98. The number of imidazole rings is 1. The first-order valence-corrected chi connectivity index (χ1v) is 10.4. The van der Waals surface area contributed by atoms with Crippen LogP contribution in [0, 0.1) is 19.8 Å². The molecule has 164 valence electrons. The first-order chi connectivity index (χ1) is 14.7. The van der Waals surface area contributed by atoms with Crippen molar-refractivity contribution in [3.63, 3.8) is 0 Å². The molecular formula is C22H28N6O3. The molecule has 3 aromatic rings. The second-order valence-electron chi connectivity index (χ2n) is 8.53. The molecule has 1 saturated heterocycles. The topological polar surface area (TPSA) is 94.2 Å². The number of likely N-dealkylation sites (tertiary alicyclic amines) is 1. The number of benzene rings is 1. The van der Waals surface area contributed by atoms with Gasteiger partial charge in [-0.05, 0) is 45.0 Å². The molecule has 2 amide bonds. The zero-order valence-electron chi connectivity index (χ0n) is 18.5. The number of carbonyl (C=O) groups is 2. The Morgan fingerprint density at radius 2 is 1.81 bits per heavy atom. The molecule has 0 aliphatic carbocycles. The van der Waals surface area contributed by atoms with E-state index in [0.29, 0.717) is 30.7 Å². The lowest BCUT2D eigenvalue weighted by Gasteiger charge is -2.38. The molecule has 0 radical (unpaired) electrons. The quantitative estimate of drug-likeness (QED) is 0.660. The number of fused-ring (bicyclic) bond motifs is 1. The van der Waals surface area contributed by atoms with Gasteiger partial charge in [0, 0.05) is 44.5 Å². The van der Waals surface area contributed by atoms with E-state index in [4.69, 9.17) is 0 Å². The van der Waals surface area contributed by atoms with E-state index in [1.165, 1.54) is 4.57 Å². The Hall–Kier alpha value is -3.36. The van der Waals surface area contributed by atoms with Crippen LogP contribution in [0.4, 0.5) is 0 Å². The zero-order chi connectivity index (χ0) is 22.4. The van der Waals surface area contributed by atoms with Crippen LogP contribution in [-0.2, 0) is 25.4 Å². The molecule has 0 spiro atoms. The molecule has 1 aliphatic heterocycles. The van der Waals surface area contributed by atoms with E-state index >= 15 is 0 Å². The molecular weight excluding hydrogens is 396 g/mol. The first-order valence-electron chi connectivity index (χ1n) is 10.4. The van der Waals surface area contributed by atoms with Crippen LogP contribution < -0.4 is 11.0 Å². The third-order valence-corrected chi connectivity index (χ3v) is 6.00. The van der Waals surface area contributed by atoms with Crippen LogP contribution in [0.1, 0.15) is 28.7 Å². The molecule has 1 fully saturated rings. The molecule has 1 atom stereocenters. The summed E-state index contributed by atoms with van der Waals surface area (Å²) >= 11 is 0. The van der Waals surface area contributed by atoms with Crippen LogP contribution in [0.5, 0.6) is 0 Å². The summed E-state index contributed by atoms with van der Waals surface area (Å²) in [5.74, 6) is -0.381. The maximum absolute atomic E-state index is 12.8. The molecule has 1 unspecified atom stereocenters. The second-order valence-corrected chi connectivity index (χ2v) is 8.53. The minimum atomic E-state index is -0.211. The van der Waals surface area contributed by atoms with Crippen LogP contribution in [0.3, 0.4) is 0 Å². The van der Waals surface area contributed by atoms with Crippen LogP contribution in [-0.4, -0.2) is 54.8 Å². The number of hydrogen-bond donors (Lipinski definition) is 1. The summed E-state index contributed by atoms with van der Waals surface area (Å²) in [5, 5.41) is 7.46. The lowest BCUT2D eigenvalue weighted by molar-refractivity contribution is -0.129. The highest BCUT2D eigenvalue weighted by atomic mass is 16.2. The van der Waals surface area contributed by atoms with Gasteiger partial charge in [0.15, 0.2) is 0 Å². The SMILES string of the molecule is Cc1cc(C)n(CC(C)NC(=O)C2CN(C(=O)c3ccc4c(c3)n(C)c(=O)n4C)C2)n1. The van der Waals surface area contributed by atoms with Gasteiger partial charge < -0.3 is 10.2 Å². The number of nitrogens with zero attached hydrogens (tertiary/aromatic N) is 5. The van der Waals surface area contributed by atoms with Crippen molar-refractivity contribution >= 4 is 22.8 Å². The smallest absolute Gasteiger partial charge is 0.328 e. The van der Waals surface area contributed by atoms with Gasteiger partial charge in [-0.3, -0.25) is 23.4 Å². The van der Waals surface area contributed by atoms with Crippen molar-refractivity contribution in [3.05, 3.63) is 51.7 Å². The van der Waals surface area contributed by atoms with Crippen molar-refractivity contribution in [2.75, 3.05) is 13.1 Å². The van der Waals surface area contributed by atoms with Crippen molar-refractivity contribution in [2.24, 2.45) is 20.0 Å². The van der Waals surface area contributed by atoms with Gasteiger partial charge >= 0.3 is 5.69 Å². The minimum Gasteiger partial charge on any atom is -0.351 e. The molecule has 31 heavy (non-hydrogen) atoms. The Morgan fingerprint density at radius 3 is 2.45 bits per heavy atom. The standard InChI is InChI=1S/C22H28N6O3/c1-13-8-15(3)28(24-13)10-14(2)23-20(29)17-11-27(12-17)21(30)16-6-7-18-19(9-16)26(5)22(31)25(18)4/h6-9,14,17H,10-12H2,1-5H3,(H,23,29). The highest BCUT2D eigenvalue weighted by Gasteiger charge is 2.36. The third-order valence-electron chi connectivity index (χ3n) is 6.00. The van der Waals surface area contributed by atoms with Crippen LogP contribution in [0.25, 0.3) is 11.0 Å². The summed E-state index contributed by atoms with van der Waals surface area (Å²) in [6, 6.07) is 7.21. The summed E-state index contributed by atoms with van der Waals surface area (Å²) < 4.78 is 4.98. The van der Waals surface area contributed by atoms with Gasteiger partial charge in [-0.2, -0.15) is 5.10 Å². The van der Waals surface area contributed by atoms with E-state index in [1.807, 2.05) is 31.5 Å². The van der Waals surface area contributed by atoms with Gasteiger partial charge in [-0.15, -0.1) is 0 Å². The Labute approximate surface area is 180 Å². The van der Waals surface area contributed by atoms with E-state index in [2.05, 4.69) is 10.4 Å². The first kappa shape index (κ1) is 20.9. The molecule has 9 heteroatoms. The van der Waals surface area contributed by atoms with Crippen molar-refractivity contribution in [1.29, 1.82) is 0 Å². The normalized spacial score (nSPS) is 15.2. The summed E-state index contributed by atoms with van der Waals surface area (Å²) in [5.41, 5.74) is 3.90. The van der Waals surface area contributed by atoms with Crippen molar-refractivity contribution in [1.82, 2.24) is 29.1 Å². The molecule has 1 N–H and O–H groups in total. The molecule has 3 heterocycles. The largest absolute Gasteiger partial charge is 0.351 e. The van der Waals surface area contributed by atoms with Gasteiger partial charge in [0.2, 0.25) is 5.91 Å². The molecule has 4 rings (SSSR count). The van der Waals surface area contributed by atoms with Gasteiger partial charge in [0.1, 0.15) is 0 Å². The lowest BCUT2D eigenvalue weighted by Crippen LogP contribution is -2.57. The van der Waals surface area contributed by atoms with Gasteiger partial charge in [0.05, 0.1) is 29.2 Å². The molecule has 0 bridgehead atoms. The van der Waals surface area contributed by atoms with Crippen LogP contribution in [0.2, 0.25) is 0 Å². The molecule has 9 nitrogen and oxygen atoms in total. The Bertz CT molecular complexity index is 1230. The number of aromatic nitrogens is 4. The monoisotopic (exact) mass is 424 g/mol. The number of aryl methyl sites for hydroxylation is 4. The number of nitrogens with one attached hydrogen (secondary N) is 1. The average molecular weight is 425 g/mol. The lowest BCUT2D eigenvalue weighted by atomic mass is 9.97. The molecule has 1 aliphatic rings. The van der Waals surface area contributed by atoms with Crippen LogP contribution in [0.15, 0.2) is 29.1 Å². The highest BCUT2D eigenvalue weighted by Crippen LogP contribution is 2.21. The number of rotatable bonds is 5. The maximum Gasteiger partial charge on any atom is 0.328 e. The summed E-state index contributed by atoms with van der Waals surface area (Å²) in [4.78, 5) is 39.2. The predicted octanol–water partition coefficient (Wildman–Crippen LogP) is 0.967. The average Bonchev–Trinajstić information content (AvgIpc) is 3.10. The Kier molecular flexibility index (Phi) is 5.20. The number of hydrogen-bond acceptors (Lipinski definition) is 4. The fourth-order valence-corrected chi connectivity index (χ4v) is 4.16. The summed E-state index contributed by atoms with van der Waals surface area (Å²) in [7, 11) is 3.40. The molecule has 0 saturated carbocycles. The fourth-order valence-electron chi connectivity index (χ4n) is 4.16. The second kappa shape index (κ2) is 7.72. The number of amides is 2. The van der Waals surface area contributed by atoms with Gasteiger partial charge in [-0.1, -0.05) is 0 Å². The van der Waals surface area contributed by atoms with Crippen LogP contribution >= 0.6 is 0 Å². The minimum absolute atomic E-state index is 0.0426. The van der Waals surface area contributed by atoms with E-state index in [-0.39, 0.29) is 29.5 Å². The van der Waals surface area contributed by atoms with Gasteiger partial charge in [-0.25, -0.2) is 4.79 Å². The van der Waals surface area contributed by atoms with E-state index in [9.17, 15) is 14.4 Å². The van der Waals surface area contributed by atoms with E-state index < -0.39 is 0 Å². The van der Waals surface area contributed by atoms with E-state index in [1.54, 1.807) is 41.8 Å². The Balaban J connectivity index is 1.35. The van der Waals surface area contributed by atoms with Crippen molar-refractivity contribution in [3.8, 4) is 0 Å². The zero-order valence-corrected chi connectivity index (χ0v) is 18.5. The summed E-state index contributed by atoms with van der Waals surface area (Å²) in [6.07, 6.45) is 0. The predicted molar refractivity (Wildman–Crippen MR) is 117 cm³/mol. The van der Waals surface area contributed by atoms with Gasteiger partial charge in [0.25, 0.3) is 5.91 Å². The van der Waals surface area contributed by atoms with Crippen molar-refractivity contribution < 1.29 is 9.59 Å². The van der Waals surface area contributed by atoms with Crippen molar-refractivity contribution in [2.45, 2.75) is 33.4 Å². The molecule has 1 aromatic carbocycles. The Morgan fingerprint density at radius 1 is 1.13 bits per heavy atom. The van der Waals surface area contributed by atoms with E-state index in [0.717, 1.165) is 16.9 Å². The third kappa shape index (κ3) is 3.75.